The first-order chi connectivity index (χ1) is 8.99. The van der Waals surface area contributed by atoms with E-state index in [1.165, 1.54) is 18.2 Å². The minimum atomic E-state index is -0.577. The number of rotatable bonds is 6. The predicted octanol–water partition coefficient (Wildman–Crippen LogP) is 4.41. The molecule has 106 valence electrons. The summed E-state index contributed by atoms with van der Waals surface area (Å²) in [5.74, 6) is -0.913. The number of carbonyl (C=O) groups excluding carboxylic acids is 1. The highest BCUT2D eigenvalue weighted by atomic mass is 79.9. The fraction of sp³-hybridized carbons (Fsp3) is 0.500. The minimum absolute atomic E-state index is 0.0233. The molecule has 0 saturated heterocycles. The summed E-state index contributed by atoms with van der Waals surface area (Å²) in [4.78, 5) is 12.0. The molecule has 0 aliphatic heterocycles. The van der Waals surface area contributed by atoms with Crippen molar-refractivity contribution < 1.29 is 9.18 Å². The molecule has 0 atom stereocenters. The molecule has 1 amide bonds. The van der Waals surface area contributed by atoms with Crippen molar-refractivity contribution in [1.29, 1.82) is 0 Å². The lowest BCUT2D eigenvalue weighted by atomic mass is 9.84. The van der Waals surface area contributed by atoms with E-state index in [-0.39, 0.29) is 21.9 Å². The van der Waals surface area contributed by atoms with Crippen molar-refractivity contribution >= 4 is 33.4 Å². The smallest absolute Gasteiger partial charge is 0.252 e. The van der Waals surface area contributed by atoms with Crippen LogP contribution in [-0.4, -0.2) is 17.8 Å². The third-order valence-electron chi connectivity index (χ3n) is 3.60. The van der Waals surface area contributed by atoms with E-state index in [9.17, 15) is 9.18 Å². The van der Waals surface area contributed by atoms with Gasteiger partial charge in [0, 0.05) is 11.9 Å². The van der Waals surface area contributed by atoms with Crippen LogP contribution in [0.5, 0.6) is 0 Å². The van der Waals surface area contributed by atoms with E-state index in [1.54, 1.807) is 0 Å². The molecule has 1 rings (SSSR count). The van der Waals surface area contributed by atoms with E-state index in [1.807, 2.05) is 0 Å². The van der Waals surface area contributed by atoms with E-state index in [2.05, 4.69) is 35.1 Å². The molecule has 1 aromatic rings. The van der Waals surface area contributed by atoms with Crippen LogP contribution >= 0.6 is 27.5 Å². The summed E-state index contributed by atoms with van der Waals surface area (Å²) in [5.41, 5.74) is 0.201. The van der Waals surface area contributed by atoms with E-state index in [4.69, 9.17) is 11.6 Å². The number of benzene rings is 1. The van der Waals surface area contributed by atoms with Crippen LogP contribution in [0.2, 0.25) is 5.02 Å². The van der Waals surface area contributed by atoms with E-state index in [0.717, 1.165) is 18.2 Å². The summed E-state index contributed by atoms with van der Waals surface area (Å²) in [6.45, 7) is 4.72. The quantitative estimate of drug-likeness (QED) is 0.757. The van der Waals surface area contributed by atoms with Crippen LogP contribution in [-0.2, 0) is 0 Å². The molecule has 2 nitrogen and oxygen atoms in total. The van der Waals surface area contributed by atoms with Gasteiger partial charge in [0.2, 0.25) is 0 Å². The first-order valence-corrected chi connectivity index (χ1v) is 7.77. The molecule has 0 heterocycles. The van der Waals surface area contributed by atoms with Crippen molar-refractivity contribution in [3.63, 3.8) is 0 Å². The summed E-state index contributed by atoms with van der Waals surface area (Å²) >= 11 is 9.28. The lowest BCUT2D eigenvalue weighted by Gasteiger charge is -2.29. The number of hydrogen-bond acceptors (Lipinski definition) is 1. The van der Waals surface area contributed by atoms with Crippen LogP contribution in [0.1, 0.15) is 37.0 Å². The van der Waals surface area contributed by atoms with Gasteiger partial charge in [-0.1, -0.05) is 47.4 Å². The number of halogens is 3. The number of alkyl halides is 1. The highest BCUT2D eigenvalue weighted by molar-refractivity contribution is 9.09. The number of hydrogen-bond donors (Lipinski definition) is 1. The topological polar surface area (TPSA) is 29.1 Å². The van der Waals surface area contributed by atoms with Gasteiger partial charge >= 0.3 is 0 Å². The number of nitrogens with one attached hydrogen (secondary N) is 1. The van der Waals surface area contributed by atoms with E-state index in [0.29, 0.717) is 6.54 Å². The summed E-state index contributed by atoms with van der Waals surface area (Å²) in [6.07, 6.45) is 1.90. The molecule has 1 aromatic carbocycles. The molecule has 0 aromatic heterocycles. The van der Waals surface area contributed by atoms with Gasteiger partial charge in [-0.25, -0.2) is 4.39 Å². The highest BCUT2D eigenvalue weighted by Crippen LogP contribution is 2.28. The van der Waals surface area contributed by atoms with Crippen molar-refractivity contribution in [2.75, 3.05) is 11.9 Å². The zero-order valence-corrected chi connectivity index (χ0v) is 13.4. The van der Waals surface area contributed by atoms with Gasteiger partial charge in [-0.2, -0.15) is 0 Å². The molecule has 0 aliphatic carbocycles. The van der Waals surface area contributed by atoms with Gasteiger partial charge in [0.25, 0.3) is 5.91 Å². The Morgan fingerprint density at radius 1 is 1.42 bits per heavy atom. The molecule has 0 bridgehead atoms. The van der Waals surface area contributed by atoms with Gasteiger partial charge < -0.3 is 5.32 Å². The molecular weight excluding hydrogens is 333 g/mol. The second-order valence-corrected chi connectivity index (χ2v) is 5.56. The van der Waals surface area contributed by atoms with Gasteiger partial charge in [-0.05, 0) is 30.4 Å². The van der Waals surface area contributed by atoms with E-state index < -0.39 is 5.82 Å². The third kappa shape index (κ3) is 3.93. The Kier molecular flexibility index (Phi) is 6.27. The zero-order chi connectivity index (χ0) is 14.5. The van der Waals surface area contributed by atoms with Crippen molar-refractivity contribution in [2.24, 2.45) is 5.41 Å². The van der Waals surface area contributed by atoms with Crippen LogP contribution < -0.4 is 5.32 Å². The first-order valence-electron chi connectivity index (χ1n) is 6.28. The van der Waals surface area contributed by atoms with Crippen LogP contribution in [0, 0.1) is 11.2 Å². The summed E-state index contributed by atoms with van der Waals surface area (Å²) in [5, 5.41) is 3.52. The third-order valence-corrected chi connectivity index (χ3v) is 5.18. The van der Waals surface area contributed by atoms with Crippen LogP contribution in [0.3, 0.4) is 0 Å². The Bertz CT molecular complexity index is 441. The fourth-order valence-electron chi connectivity index (χ4n) is 1.78. The first kappa shape index (κ1) is 16.4. The van der Waals surface area contributed by atoms with Crippen LogP contribution in [0.25, 0.3) is 0 Å². The maximum Gasteiger partial charge on any atom is 0.252 e. The maximum atomic E-state index is 13.3. The van der Waals surface area contributed by atoms with E-state index >= 15 is 0 Å². The fourth-order valence-corrected chi connectivity index (χ4v) is 2.98. The van der Waals surface area contributed by atoms with Crippen LogP contribution in [0.15, 0.2) is 18.2 Å². The standard InChI is InChI=1S/C14H18BrClFNO/c1-3-14(4-2,8-15)9-18-13(19)10-6-5-7-11(17)12(10)16/h5-7H,3-4,8-9H2,1-2H3,(H,18,19). The number of amides is 1. The summed E-state index contributed by atoms with van der Waals surface area (Å²) in [7, 11) is 0. The SMILES string of the molecule is CCC(CC)(CBr)CNC(=O)c1cccc(F)c1Cl. The second kappa shape index (κ2) is 7.25. The average molecular weight is 351 g/mol. The lowest BCUT2D eigenvalue weighted by Crippen LogP contribution is -2.38. The molecular formula is C14H18BrClFNO. The molecule has 0 spiro atoms. The Morgan fingerprint density at radius 2 is 2.05 bits per heavy atom. The molecule has 0 saturated carbocycles. The molecule has 0 fully saturated rings. The Labute approximate surface area is 126 Å². The monoisotopic (exact) mass is 349 g/mol. The highest BCUT2D eigenvalue weighted by Gasteiger charge is 2.26. The van der Waals surface area contributed by atoms with Crippen molar-refractivity contribution in [1.82, 2.24) is 5.32 Å². The molecule has 0 radical (unpaired) electrons. The van der Waals surface area contributed by atoms with Gasteiger partial charge in [0.15, 0.2) is 0 Å². The Hall–Kier alpha value is -0.610. The summed E-state index contributed by atoms with van der Waals surface area (Å²) in [6, 6.07) is 4.24. The van der Waals surface area contributed by atoms with Gasteiger partial charge in [-0.15, -0.1) is 0 Å². The van der Waals surface area contributed by atoms with Gasteiger partial charge in [0.1, 0.15) is 5.82 Å². The molecule has 0 aliphatic rings. The molecule has 19 heavy (non-hydrogen) atoms. The zero-order valence-electron chi connectivity index (χ0n) is 11.1. The normalized spacial score (nSPS) is 11.4. The second-order valence-electron chi connectivity index (χ2n) is 4.62. The molecule has 5 heteroatoms. The van der Waals surface area contributed by atoms with Crippen molar-refractivity contribution in [3.8, 4) is 0 Å². The maximum absolute atomic E-state index is 13.3. The Balaban J connectivity index is 2.78. The van der Waals surface area contributed by atoms with Crippen LogP contribution in [0.4, 0.5) is 4.39 Å². The Morgan fingerprint density at radius 3 is 2.58 bits per heavy atom. The van der Waals surface area contributed by atoms with Crippen molar-refractivity contribution in [3.05, 3.63) is 34.6 Å². The largest absolute Gasteiger partial charge is 0.351 e. The minimum Gasteiger partial charge on any atom is -0.351 e. The lowest BCUT2D eigenvalue weighted by molar-refractivity contribution is 0.0932. The predicted molar refractivity (Wildman–Crippen MR) is 80.6 cm³/mol. The molecule has 0 unspecified atom stereocenters. The molecule has 1 N–H and O–H groups in total. The summed E-state index contributed by atoms with van der Waals surface area (Å²) < 4.78 is 13.3. The van der Waals surface area contributed by atoms with Crippen molar-refractivity contribution in [2.45, 2.75) is 26.7 Å². The average Bonchev–Trinajstić information content (AvgIpc) is 2.44. The number of carbonyl (C=O) groups is 1. The van der Waals surface area contributed by atoms with Gasteiger partial charge in [-0.3, -0.25) is 4.79 Å². The van der Waals surface area contributed by atoms with Gasteiger partial charge in [0.05, 0.1) is 10.6 Å².